The van der Waals surface area contributed by atoms with Gasteiger partial charge in [0.05, 0.1) is 12.7 Å². The monoisotopic (exact) mass is 181 g/mol. The molecule has 1 aromatic carbocycles. The van der Waals surface area contributed by atoms with Crippen molar-refractivity contribution >= 4 is 5.97 Å². The van der Waals surface area contributed by atoms with Gasteiger partial charge in [0.25, 0.3) is 0 Å². The Hall–Kier alpha value is -1.55. The molecule has 0 atom stereocenters. The maximum absolute atomic E-state index is 10.6. The van der Waals surface area contributed by atoms with Crippen LogP contribution in [0.3, 0.4) is 0 Å². The van der Waals surface area contributed by atoms with Crippen LogP contribution in [-0.4, -0.2) is 18.2 Å². The van der Waals surface area contributed by atoms with Crippen molar-refractivity contribution in [1.82, 2.24) is 0 Å². The Balaban J connectivity index is 3.13. The summed E-state index contributed by atoms with van der Waals surface area (Å²) in [5, 5.41) is 8.69. The van der Waals surface area contributed by atoms with Crippen molar-refractivity contribution < 1.29 is 14.6 Å². The van der Waals surface area contributed by atoms with Crippen molar-refractivity contribution in [2.45, 2.75) is 6.54 Å². The number of rotatable bonds is 3. The minimum atomic E-state index is -0.961. The van der Waals surface area contributed by atoms with Crippen LogP contribution in [0.25, 0.3) is 0 Å². The van der Waals surface area contributed by atoms with Crippen LogP contribution in [0.2, 0.25) is 0 Å². The molecule has 0 unspecified atom stereocenters. The summed E-state index contributed by atoms with van der Waals surface area (Å²) in [6, 6.07) is 4.60. The zero-order valence-electron chi connectivity index (χ0n) is 7.28. The molecule has 4 nitrogen and oxygen atoms in total. The van der Waals surface area contributed by atoms with Gasteiger partial charge < -0.3 is 15.6 Å². The topological polar surface area (TPSA) is 72.5 Å². The molecule has 3 N–H and O–H groups in total. The molecule has 13 heavy (non-hydrogen) atoms. The number of carboxylic acids is 1. The molecule has 0 radical (unpaired) electrons. The summed E-state index contributed by atoms with van der Waals surface area (Å²) in [4.78, 5) is 10.6. The van der Waals surface area contributed by atoms with E-state index in [1.54, 1.807) is 6.07 Å². The molecule has 0 saturated heterocycles. The van der Waals surface area contributed by atoms with Gasteiger partial charge in [0.15, 0.2) is 0 Å². The summed E-state index contributed by atoms with van der Waals surface area (Å²) in [6.07, 6.45) is 0. The van der Waals surface area contributed by atoms with Crippen LogP contribution >= 0.6 is 0 Å². The number of ether oxygens (including phenoxy) is 1. The fourth-order valence-electron chi connectivity index (χ4n) is 1.07. The van der Waals surface area contributed by atoms with Crippen LogP contribution in [0.1, 0.15) is 15.9 Å². The van der Waals surface area contributed by atoms with Crippen LogP contribution in [0.15, 0.2) is 18.2 Å². The lowest BCUT2D eigenvalue weighted by Gasteiger charge is -2.06. The average Bonchev–Trinajstić information content (AvgIpc) is 2.16. The van der Waals surface area contributed by atoms with E-state index in [1.807, 2.05) is 0 Å². The van der Waals surface area contributed by atoms with Gasteiger partial charge in [0.1, 0.15) is 5.75 Å². The van der Waals surface area contributed by atoms with Crippen molar-refractivity contribution in [3.8, 4) is 5.75 Å². The van der Waals surface area contributed by atoms with Crippen molar-refractivity contribution in [2.24, 2.45) is 5.73 Å². The highest BCUT2D eigenvalue weighted by molar-refractivity contribution is 5.88. The first-order chi connectivity index (χ1) is 6.19. The van der Waals surface area contributed by atoms with Gasteiger partial charge in [-0.05, 0) is 18.2 Å². The second-order valence-corrected chi connectivity index (χ2v) is 2.54. The van der Waals surface area contributed by atoms with E-state index in [1.165, 1.54) is 19.2 Å². The van der Waals surface area contributed by atoms with E-state index in [-0.39, 0.29) is 12.1 Å². The van der Waals surface area contributed by atoms with E-state index in [4.69, 9.17) is 15.6 Å². The SMILES string of the molecule is COc1ccc(C(=O)O)cc1CN. The van der Waals surface area contributed by atoms with Gasteiger partial charge in [-0.1, -0.05) is 0 Å². The molecule has 70 valence electrons. The van der Waals surface area contributed by atoms with Gasteiger partial charge in [0, 0.05) is 12.1 Å². The molecule has 0 heterocycles. The summed E-state index contributed by atoms with van der Waals surface area (Å²) < 4.78 is 5.00. The molecule has 0 aliphatic heterocycles. The Morgan fingerprint density at radius 3 is 2.77 bits per heavy atom. The van der Waals surface area contributed by atoms with Gasteiger partial charge in [0.2, 0.25) is 0 Å². The second-order valence-electron chi connectivity index (χ2n) is 2.54. The lowest BCUT2D eigenvalue weighted by molar-refractivity contribution is 0.0696. The first kappa shape index (κ1) is 9.54. The molecule has 0 amide bonds. The minimum absolute atomic E-state index is 0.223. The summed E-state index contributed by atoms with van der Waals surface area (Å²) in [7, 11) is 1.52. The third kappa shape index (κ3) is 1.97. The second kappa shape index (κ2) is 3.91. The van der Waals surface area contributed by atoms with Crippen molar-refractivity contribution in [3.05, 3.63) is 29.3 Å². The van der Waals surface area contributed by atoms with Crippen molar-refractivity contribution in [3.63, 3.8) is 0 Å². The average molecular weight is 181 g/mol. The number of hydrogen-bond acceptors (Lipinski definition) is 3. The molecule has 0 bridgehead atoms. The number of aromatic carboxylic acids is 1. The molecule has 0 saturated carbocycles. The Morgan fingerprint density at radius 1 is 1.62 bits per heavy atom. The fourth-order valence-corrected chi connectivity index (χ4v) is 1.07. The van der Waals surface area contributed by atoms with Crippen LogP contribution in [-0.2, 0) is 6.54 Å². The standard InChI is InChI=1S/C9H11NO3/c1-13-8-3-2-6(9(11)12)4-7(8)5-10/h2-4H,5,10H2,1H3,(H,11,12). The van der Waals surface area contributed by atoms with Crippen LogP contribution in [0.5, 0.6) is 5.75 Å². The Labute approximate surface area is 75.9 Å². The Morgan fingerprint density at radius 2 is 2.31 bits per heavy atom. The number of benzene rings is 1. The molecular formula is C9H11NO3. The maximum Gasteiger partial charge on any atom is 0.335 e. The quantitative estimate of drug-likeness (QED) is 0.725. The van der Waals surface area contributed by atoms with E-state index in [0.29, 0.717) is 11.3 Å². The van der Waals surface area contributed by atoms with Gasteiger partial charge in [-0.3, -0.25) is 0 Å². The molecular weight excluding hydrogens is 170 g/mol. The minimum Gasteiger partial charge on any atom is -0.496 e. The van der Waals surface area contributed by atoms with E-state index in [2.05, 4.69) is 0 Å². The zero-order chi connectivity index (χ0) is 9.84. The van der Waals surface area contributed by atoms with E-state index < -0.39 is 5.97 Å². The highest BCUT2D eigenvalue weighted by Crippen LogP contribution is 2.18. The van der Waals surface area contributed by atoms with Gasteiger partial charge in [-0.2, -0.15) is 0 Å². The van der Waals surface area contributed by atoms with E-state index in [9.17, 15) is 4.79 Å². The Kier molecular flexibility index (Phi) is 2.87. The molecule has 0 fully saturated rings. The predicted molar refractivity (Wildman–Crippen MR) is 47.8 cm³/mol. The summed E-state index contributed by atoms with van der Waals surface area (Å²) >= 11 is 0. The maximum atomic E-state index is 10.6. The normalized spacial score (nSPS) is 9.69. The summed E-state index contributed by atoms with van der Waals surface area (Å²) in [5.74, 6) is -0.343. The number of methoxy groups -OCH3 is 1. The van der Waals surface area contributed by atoms with Gasteiger partial charge in [-0.15, -0.1) is 0 Å². The number of nitrogens with two attached hydrogens (primary N) is 1. The zero-order valence-corrected chi connectivity index (χ0v) is 7.28. The molecule has 0 aliphatic rings. The molecule has 0 aromatic heterocycles. The number of hydrogen-bond donors (Lipinski definition) is 2. The number of carboxylic acid groups (broad SMARTS) is 1. The molecule has 1 aromatic rings. The lowest BCUT2D eigenvalue weighted by Crippen LogP contribution is -2.03. The summed E-state index contributed by atoms with van der Waals surface area (Å²) in [5.41, 5.74) is 6.34. The third-order valence-corrected chi connectivity index (χ3v) is 1.75. The summed E-state index contributed by atoms with van der Waals surface area (Å²) in [6.45, 7) is 0.268. The van der Waals surface area contributed by atoms with Crippen LogP contribution in [0, 0.1) is 0 Å². The van der Waals surface area contributed by atoms with Crippen LogP contribution in [0.4, 0.5) is 0 Å². The highest BCUT2D eigenvalue weighted by atomic mass is 16.5. The fraction of sp³-hybridized carbons (Fsp3) is 0.222. The first-order valence-electron chi connectivity index (χ1n) is 3.79. The van der Waals surface area contributed by atoms with Gasteiger partial charge in [-0.25, -0.2) is 4.79 Å². The first-order valence-corrected chi connectivity index (χ1v) is 3.79. The predicted octanol–water partition coefficient (Wildman–Crippen LogP) is 0.852. The number of carbonyl (C=O) groups is 1. The highest BCUT2D eigenvalue weighted by Gasteiger charge is 2.06. The van der Waals surface area contributed by atoms with E-state index in [0.717, 1.165) is 0 Å². The molecule has 0 aliphatic carbocycles. The third-order valence-electron chi connectivity index (χ3n) is 1.75. The smallest absolute Gasteiger partial charge is 0.335 e. The largest absolute Gasteiger partial charge is 0.496 e. The molecule has 1 rings (SSSR count). The van der Waals surface area contributed by atoms with Crippen molar-refractivity contribution in [2.75, 3.05) is 7.11 Å². The Bertz CT molecular complexity index is 323. The van der Waals surface area contributed by atoms with Crippen LogP contribution < -0.4 is 10.5 Å². The van der Waals surface area contributed by atoms with Gasteiger partial charge >= 0.3 is 5.97 Å². The van der Waals surface area contributed by atoms with Crippen molar-refractivity contribution in [1.29, 1.82) is 0 Å². The van der Waals surface area contributed by atoms with E-state index >= 15 is 0 Å². The molecule has 4 heteroatoms. The molecule has 0 spiro atoms. The lowest BCUT2D eigenvalue weighted by atomic mass is 10.1.